The molecule has 2 aromatic rings. The predicted molar refractivity (Wildman–Crippen MR) is 75.4 cm³/mol. The molecule has 2 unspecified atom stereocenters. The number of nitrogens with one attached hydrogen (secondary N) is 1. The third-order valence-electron chi connectivity index (χ3n) is 3.65. The smallest absolute Gasteiger partial charge is 0.124 e. The molecule has 4 nitrogen and oxygen atoms in total. The molecule has 1 aliphatic heterocycles. The van der Waals surface area contributed by atoms with Crippen molar-refractivity contribution in [2.75, 3.05) is 11.9 Å². The Balaban J connectivity index is 1.93. The van der Waals surface area contributed by atoms with Gasteiger partial charge in [-0.1, -0.05) is 25.1 Å². The molecule has 0 fully saturated rings. The van der Waals surface area contributed by atoms with Gasteiger partial charge in [0.05, 0.1) is 24.0 Å². The number of hydrogen-bond acceptors (Lipinski definition) is 3. The molecule has 0 saturated heterocycles. The zero-order valence-corrected chi connectivity index (χ0v) is 11.6. The number of aromatic nitrogens is 2. The first-order chi connectivity index (χ1) is 9.15. The molecule has 3 rings (SSSR count). The Morgan fingerprint density at radius 2 is 2.16 bits per heavy atom. The van der Waals surface area contributed by atoms with E-state index in [1.807, 2.05) is 37.0 Å². The van der Waals surface area contributed by atoms with Crippen LogP contribution in [0.5, 0.6) is 5.75 Å². The Kier molecular flexibility index (Phi) is 2.93. The number of hydrogen-bond donors (Lipinski definition) is 1. The van der Waals surface area contributed by atoms with Gasteiger partial charge in [-0.3, -0.25) is 4.68 Å². The molecule has 0 spiro atoms. The second-order valence-corrected chi connectivity index (χ2v) is 5.25. The van der Waals surface area contributed by atoms with Gasteiger partial charge in [0.1, 0.15) is 5.75 Å². The molecule has 2 atom stereocenters. The first-order valence-corrected chi connectivity index (χ1v) is 6.63. The van der Waals surface area contributed by atoms with Gasteiger partial charge in [0.15, 0.2) is 0 Å². The lowest BCUT2D eigenvalue weighted by Crippen LogP contribution is -2.28. The normalized spacial score (nSPS) is 21.6. The molecular weight excluding hydrogens is 238 g/mol. The zero-order chi connectivity index (χ0) is 13.4. The lowest BCUT2D eigenvalue weighted by atomic mass is 9.92. The summed E-state index contributed by atoms with van der Waals surface area (Å²) < 4.78 is 7.62. The highest BCUT2D eigenvalue weighted by Gasteiger charge is 2.28. The van der Waals surface area contributed by atoms with Gasteiger partial charge in [0, 0.05) is 24.7 Å². The first-order valence-electron chi connectivity index (χ1n) is 6.63. The average Bonchev–Trinajstić information content (AvgIpc) is 2.71. The third-order valence-corrected chi connectivity index (χ3v) is 3.65. The lowest BCUT2D eigenvalue weighted by molar-refractivity contribution is 0.214. The number of anilines is 1. The molecule has 0 aliphatic carbocycles. The summed E-state index contributed by atoms with van der Waals surface area (Å²) in [6.45, 7) is 4.98. The van der Waals surface area contributed by atoms with Crippen molar-refractivity contribution >= 4 is 5.69 Å². The monoisotopic (exact) mass is 257 g/mol. The van der Waals surface area contributed by atoms with Crippen LogP contribution >= 0.6 is 0 Å². The van der Waals surface area contributed by atoms with Gasteiger partial charge < -0.3 is 10.1 Å². The van der Waals surface area contributed by atoms with E-state index in [1.165, 1.54) is 5.56 Å². The van der Waals surface area contributed by atoms with E-state index in [0.29, 0.717) is 5.92 Å². The Hall–Kier alpha value is -1.97. The van der Waals surface area contributed by atoms with E-state index in [2.05, 4.69) is 29.5 Å². The number of fused-ring (bicyclic) bond motifs is 1. The maximum atomic E-state index is 5.78. The Labute approximate surface area is 113 Å². The predicted octanol–water partition coefficient (Wildman–Crippen LogP) is 2.91. The molecule has 100 valence electrons. The third kappa shape index (κ3) is 2.18. The molecular formula is C15H19N3O. The fourth-order valence-corrected chi connectivity index (χ4v) is 2.62. The van der Waals surface area contributed by atoms with Crippen LogP contribution in [0.1, 0.15) is 24.2 Å². The fraction of sp³-hybridized carbons (Fsp3) is 0.400. The van der Waals surface area contributed by atoms with Gasteiger partial charge in [-0.25, -0.2) is 0 Å². The summed E-state index contributed by atoms with van der Waals surface area (Å²) in [5.41, 5.74) is 3.35. The van der Waals surface area contributed by atoms with Crippen molar-refractivity contribution in [3.63, 3.8) is 0 Å². The van der Waals surface area contributed by atoms with Crippen molar-refractivity contribution in [3.8, 4) is 5.75 Å². The summed E-state index contributed by atoms with van der Waals surface area (Å²) in [5, 5.41) is 7.99. The first kappa shape index (κ1) is 12.1. The van der Waals surface area contributed by atoms with Crippen molar-refractivity contribution in [3.05, 3.63) is 41.7 Å². The molecule has 19 heavy (non-hydrogen) atoms. The molecule has 0 amide bonds. The molecule has 1 N–H and O–H groups in total. The average molecular weight is 257 g/mol. The van der Waals surface area contributed by atoms with E-state index < -0.39 is 0 Å². The van der Waals surface area contributed by atoms with Crippen LogP contribution in [-0.2, 0) is 7.05 Å². The highest BCUT2D eigenvalue weighted by molar-refractivity contribution is 5.50. The van der Waals surface area contributed by atoms with Gasteiger partial charge in [0.2, 0.25) is 0 Å². The van der Waals surface area contributed by atoms with Crippen LogP contribution in [0.15, 0.2) is 30.5 Å². The van der Waals surface area contributed by atoms with Crippen molar-refractivity contribution in [2.45, 2.75) is 19.9 Å². The van der Waals surface area contributed by atoms with Crippen LogP contribution in [-0.4, -0.2) is 16.4 Å². The topological polar surface area (TPSA) is 39.1 Å². The van der Waals surface area contributed by atoms with E-state index in [9.17, 15) is 0 Å². The maximum Gasteiger partial charge on any atom is 0.124 e. The summed E-state index contributed by atoms with van der Waals surface area (Å²) in [7, 11) is 1.94. The van der Waals surface area contributed by atoms with Crippen molar-refractivity contribution in [2.24, 2.45) is 13.0 Å². The van der Waals surface area contributed by atoms with Gasteiger partial charge in [-0.05, 0) is 13.0 Å². The van der Waals surface area contributed by atoms with Crippen LogP contribution in [0.3, 0.4) is 0 Å². The van der Waals surface area contributed by atoms with E-state index in [4.69, 9.17) is 4.74 Å². The SMILES string of the molecule is Cc1nn(C)cc1NC1c2ccccc2OCC1C. The molecule has 1 aromatic carbocycles. The molecule has 0 saturated carbocycles. The van der Waals surface area contributed by atoms with Crippen molar-refractivity contribution < 1.29 is 4.74 Å². The number of para-hydroxylation sites is 1. The number of ether oxygens (including phenoxy) is 1. The minimum atomic E-state index is 0.271. The summed E-state index contributed by atoms with van der Waals surface area (Å²) in [4.78, 5) is 0. The molecule has 0 radical (unpaired) electrons. The fourth-order valence-electron chi connectivity index (χ4n) is 2.62. The number of nitrogens with zero attached hydrogens (tertiary/aromatic N) is 2. The van der Waals surface area contributed by atoms with Gasteiger partial charge >= 0.3 is 0 Å². The number of benzene rings is 1. The summed E-state index contributed by atoms with van der Waals surface area (Å²) >= 11 is 0. The second kappa shape index (κ2) is 4.61. The largest absolute Gasteiger partial charge is 0.493 e. The molecule has 4 heteroatoms. The van der Waals surface area contributed by atoms with Gasteiger partial charge in [0.25, 0.3) is 0 Å². The minimum absolute atomic E-state index is 0.271. The highest BCUT2D eigenvalue weighted by atomic mass is 16.5. The van der Waals surface area contributed by atoms with Gasteiger partial charge in [-0.2, -0.15) is 5.10 Å². The van der Waals surface area contributed by atoms with E-state index >= 15 is 0 Å². The number of aryl methyl sites for hydroxylation is 2. The van der Waals surface area contributed by atoms with E-state index in [0.717, 1.165) is 23.7 Å². The van der Waals surface area contributed by atoms with Crippen molar-refractivity contribution in [1.29, 1.82) is 0 Å². The van der Waals surface area contributed by atoms with Crippen LogP contribution < -0.4 is 10.1 Å². The summed E-state index contributed by atoms with van der Waals surface area (Å²) in [5.74, 6) is 1.41. The molecule has 2 heterocycles. The van der Waals surface area contributed by atoms with Crippen LogP contribution in [0.25, 0.3) is 0 Å². The molecule has 1 aromatic heterocycles. The van der Waals surface area contributed by atoms with Crippen LogP contribution in [0.4, 0.5) is 5.69 Å². The molecule has 0 bridgehead atoms. The van der Waals surface area contributed by atoms with E-state index in [1.54, 1.807) is 0 Å². The summed E-state index contributed by atoms with van der Waals surface area (Å²) in [6.07, 6.45) is 2.03. The number of rotatable bonds is 2. The summed E-state index contributed by atoms with van der Waals surface area (Å²) in [6, 6.07) is 8.51. The Bertz CT molecular complexity index is 591. The zero-order valence-electron chi connectivity index (χ0n) is 11.6. The quantitative estimate of drug-likeness (QED) is 0.899. The lowest BCUT2D eigenvalue weighted by Gasteiger charge is -2.32. The molecule has 1 aliphatic rings. The minimum Gasteiger partial charge on any atom is -0.493 e. The van der Waals surface area contributed by atoms with Gasteiger partial charge in [-0.15, -0.1) is 0 Å². The second-order valence-electron chi connectivity index (χ2n) is 5.25. The standard InChI is InChI=1S/C15H19N3O/c1-10-9-19-14-7-5-4-6-12(14)15(10)16-13-8-18(3)17-11(13)2/h4-8,10,15-16H,9H2,1-3H3. The highest BCUT2D eigenvalue weighted by Crippen LogP contribution is 2.37. The maximum absolute atomic E-state index is 5.78. The van der Waals surface area contributed by atoms with Crippen LogP contribution in [0, 0.1) is 12.8 Å². The Morgan fingerprint density at radius 1 is 1.37 bits per heavy atom. The van der Waals surface area contributed by atoms with Crippen molar-refractivity contribution in [1.82, 2.24) is 9.78 Å². The van der Waals surface area contributed by atoms with Crippen LogP contribution in [0.2, 0.25) is 0 Å². The Morgan fingerprint density at radius 3 is 2.89 bits per heavy atom. The van der Waals surface area contributed by atoms with E-state index in [-0.39, 0.29) is 6.04 Å².